The fourth-order valence-electron chi connectivity index (χ4n) is 2.31. The van der Waals surface area contributed by atoms with Gasteiger partial charge in [-0.3, -0.25) is 10.1 Å². The standard InChI is InChI=1S/C18H15N3O4/c1-20(2)13-7-9-15-17(11-13)25-18(22)16(19-15)8-6-12-4-3-5-14(10-12)21(23)24/h3-11H,1-2H3/b8-6+. The molecule has 126 valence electrons. The summed E-state index contributed by atoms with van der Waals surface area (Å²) < 4.78 is 5.33. The van der Waals surface area contributed by atoms with Gasteiger partial charge in [0.1, 0.15) is 11.2 Å². The Morgan fingerprint density at radius 3 is 2.68 bits per heavy atom. The first-order chi connectivity index (χ1) is 11.9. The van der Waals surface area contributed by atoms with Crippen molar-refractivity contribution in [3.8, 4) is 0 Å². The van der Waals surface area contributed by atoms with Crippen molar-refractivity contribution in [1.82, 2.24) is 4.98 Å². The largest absolute Gasteiger partial charge is 0.419 e. The smallest absolute Gasteiger partial charge is 0.362 e. The molecule has 0 atom stereocenters. The predicted molar refractivity (Wildman–Crippen MR) is 96.6 cm³/mol. The van der Waals surface area contributed by atoms with Gasteiger partial charge in [-0.2, -0.15) is 0 Å². The number of nitro benzene ring substituents is 1. The van der Waals surface area contributed by atoms with E-state index < -0.39 is 10.5 Å². The third-order valence-electron chi connectivity index (χ3n) is 3.63. The molecule has 0 saturated heterocycles. The minimum absolute atomic E-state index is 0.0168. The van der Waals surface area contributed by atoms with E-state index in [0.29, 0.717) is 16.7 Å². The van der Waals surface area contributed by atoms with Crippen LogP contribution in [0.2, 0.25) is 0 Å². The molecule has 7 heteroatoms. The molecule has 7 nitrogen and oxygen atoms in total. The molecule has 3 rings (SSSR count). The molecule has 0 radical (unpaired) electrons. The van der Waals surface area contributed by atoms with Crippen LogP contribution in [0, 0.1) is 10.1 Å². The van der Waals surface area contributed by atoms with Crippen molar-refractivity contribution in [2.75, 3.05) is 19.0 Å². The molecule has 0 fully saturated rings. The summed E-state index contributed by atoms with van der Waals surface area (Å²) in [5.41, 5.74) is 2.02. The van der Waals surface area contributed by atoms with Crippen LogP contribution < -0.4 is 10.5 Å². The molecular weight excluding hydrogens is 322 g/mol. The molecule has 2 aromatic carbocycles. The van der Waals surface area contributed by atoms with Crippen molar-refractivity contribution >= 4 is 34.6 Å². The number of hydrogen-bond acceptors (Lipinski definition) is 6. The molecular formula is C18H15N3O4. The van der Waals surface area contributed by atoms with Gasteiger partial charge < -0.3 is 9.32 Å². The average molecular weight is 337 g/mol. The van der Waals surface area contributed by atoms with E-state index in [0.717, 1.165) is 5.69 Å². The lowest BCUT2D eigenvalue weighted by atomic mass is 10.2. The third kappa shape index (κ3) is 3.55. The van der Waals surface area contributed by atoms with Gasteiger partial charge in [-0.05, 0) is 23.8 Å². The number of fused-ring (bicyclic) bond motifs is 1. The highest BCUT2D eigenvalue weighted by Crippen LogP contribution is 2.19. The van der Waals surface area contributed by atoms with Gasteiger partial charge in [0.25, 0.3) is 5.69 Å². The Morgan fingerprint density at radius 2 is 1.96 bits per heavy atom. The molecule has 0 bridgehead atoms. The van der Waals surface area contributed by atoms with Gasteiger partial charge in [0.15, 0.2) is 5.58 Å². The van der Waals surface area contributed by atoms with E-state index >= 15 is 0 Å². The Labute approximate surface area is 143 Å². The number of hydrogen-bond donors (Lipinski definition) is 0. The number of benzene rings is 2. The van der Waals surface area contributed by atoms with Crippen LogP contribution in [0.1, 0.15) is 11.3 Å². The molecule has 0 aliphatic rings. The topological polar surface area (TPSA) is 89.5 Å². The van der Waals surface area contributed by atoms with E-state index in [1.165, 1.54) is 18.2 Å². The maximum Gasteiger partial charge on any atom is 0.362 e. The number of non-ortho nitro benzene ring substituents is 1. The van der Waals surface area contributed by atoms with Gasteiger partial charge in [-0.1, -0.05) is 18.2 Å². The zero-order chi connectivity index (χ0) is 18.0. The summed E-state index contributed by atoms with van der Waals surface area (Å²) in [7, 11) is 3.78. The molecule has 3 aromatic rings. The summed E-state index contributed by atoms with van der Waals surface area (Å²) in [6.45, 7) is 0. The van der Waals surface area contributed by atoms with E-state index in [1.807, 2.05) is 25.1 Å². The summed E-state index contributed by atoms with van der Waals surface area (Å²) in [4.78, 5) is 28.6. The van der Waals surface area contributed by atoms with Crippen LogP contribution in [0.4, 0.5) is 11.4 Å². The monoisotopic (exact) mass is 337 g/mol. The maximum absolute atomic E-state index is 12.1. The van der Waals surface area contributed by atoms with Gasteiger partial charge in [0.05, 0.1) is 4.92 Å². The molecule has 0 N–H and O–H groups in total. The Balaban J connectivity index is 1.97. The van der Waals surface area contributed by atoms with Crippen molar-refractivity contribution < 1.29 is 9.34 Å². The number of rotatable bonds is 4. The highest BCUT2D eigenvalue weighted by atomic mass is 16.6. The lowest BCUT2D eigenvalue weighted by molar-refractivity contribution is -0.384. The van der Waals surface area contributed by atoms with Crippen molar-refractivity contribution in [2.24, 2.45) is 0 Å². The average Bonchev–Trinajstić information content (AvgIpc) is 2.59. The van der Waals surface area contributed by atoms with Crippen LogP contribution in [0.25, 0.3) is 23.3 Å². The van der Waals surface area contributed by atoms with E-state index in [2.05, 4.69) is 4.98 Å². The van der Waals surface area contributed by atoms with Gasteiger partial charge in [-0.25, -0.2) is 9.78 Å². The van der Waals surface area contributed by atoms with Crippen LogP contribution in [-0.4, -0.2) is 24.0 Å². The van der Waals surface area contributed by atoms with Crippen LogP contribution in [0.15, 0.2) is 51.7 Å². The van der Waals surface area contributed by atoms with Crippen LogP contribution in [0.3, 0.4) is 0 Å². The van der Waals surface area contributed by atoms with E-state index in [1.54, 1.807) is 30.3 Å². The second kappa shape index (κ2) is 6.56. The lowest BCUT2D eigenvalue weighted by Gasteiger charge is -2.12. The molecule has 1 heterocycles. The normalized spacial score (nSPS) is 11.1. The van der Waals surface area contributed by atoms with Crippen molar-refractivity contribution in [3.63, 3.8) is 0 Å². The van der Waals surface area contributed by atoms with Crippen LogP contribution in [0.5, 0.6) is 0 Å². The van der Waals surface area contributed by atoms with Crippen LogP contribution in [-0.2, 0) is 0 Å². The minimum atomic E-state index is -0.565. The van der Waals surface area contributed by atoms with Gasteiger partial charge in [0.2, 0.25) is 0 Å². The maximum atomic E-state index is 12.1. The quantitative estimate of drug-likeness (QED) is 0.536. The summed E-state index contributed by atoms with van der Waals surface area (Å²) in [6.07, 6.45) is 3.08. The highest BCUT2D eigenvalue weighted by molar-refractivity contribution is 5.78. The molecule has 0 saturated carbocycles. The summed E-state index contributed by atoms with van der Waals surface area (Å²) >= 11 is 0. The second-order valence-electron chi connectivity index (χ2n) is 5.62. The minimum Gasteiger partial charge on any atom is -0.419 e. The zero-order valence-corrected chi connectivity index (χ0v) is 13.7. The SMILES string of the molecule is CN(C)c1ccc2nc(/C=C/c3cccc([N+](=O)[O-])c3)c(=O)oc2c1. The third-order valence-corrected chi connectivity index (χ3v) is 3.63. The molecule has 0 unspecified atom stereocenters. The summed E-state index contributed by atoms with van der Waals surface area (Å²) in [6, 6.07) is 11.5. The van der Waals surface area contributed by atoms with Crippen molar-refractivity contribution in [3.05, 3.63) is 74.3 Å². The molecule has 0 amide bonds. The molecule has 1 aromatic heterocycles. The predicted octanol–water partition coefficient (Wildman–Crippen LogP) is 3.33. The highest BCUT2D eigenvalue weighted by Gasteiger charge is 2.07. The molecule has 0 aliphatic heterocycles. The number of nitro groups is 1. The lowest BCUT2D eigenvalue weighted by Crippen LogP contribution is -2.09. The second-order valence-corrected chi connectivity index (χ2v) is 5.62. The van der Waals surface area contributed by atoms with Gasteiger partial charge >= 0.3 is 5.63 Å². The number of aromatic nitrogens is 1. The number of anilines is 1. The van der Waals surface area contributed by atoms with Gasteiger partial charge in [0, 0.05) is 38.0 Å². The molecule has 0 aliphatic carbocycles. The molecule has 0 spiro atoms. The first kappa shape index (κ1) is 16.4. The fourth-order valence-corrected chi connectivity index (χ4v) is 2.31. The summed E-state index contributed by atoms with van der Waals surface area (Å²) in [5, 5.41) is 10.8. The molecule has 25 heavy (non-hydrogen) atoms. The first-order valence-electron chi connectivity index (χ1n) is 7.49. The van der Waals surface area contributed by atoms with Crippen LogP contribution >= 0.6 is 0 Å². The summed E-state index contributed by atoms with van der Waals surface area (Å²) in [5.74, 6) is 0. The zero-order valence-electron chi connectivity index (χ0n) is 13.7. The fraction of sp³-hybridized carbons (Fsp3) is 0.111. The Kier molecular flexibility index (Phi) is 4.30. The van der Waals surface area contributed by atoms with E-state index in [4.69, 9.17) is 4.42 Å². The van der Waals surface area contributed by atoms with Crippen molar-refractivity contribution in [1.29, 1.82) is 0 Å². The Morgan fingerprint density at radius 1 is 1.16 bits per heavy atom. The van der Waals surface area contributed by atoms with Crippen molar-refractivity contribution in [2.45, 2.75) is 0 Å². The van der Waals surface area contributed by atoms with E-state index in [9.17, 15) is 14.9 Å². The van der Waals surface area contributed by atoms with E-state index in [-0.39, 0.29) is 11.4 Å². The Bertz CT molecular complexity index is 1040. The Hall–Kier alpha value is -3.48. The first-order valence-corrected chi connectivity index (χ1v) is 7.49. The number of nitrogens with zero attached hydrogens (tertiary/aromatic N) is 3. The van der Waals surface area contributed by atoms with Gasteiger partial charge in [-0.15, -0.1) is 0 Å².